The zero-order valence-electron chi connectivity index (χ0n) is 35.0. The summed E-state index contributed by atoms with van der Waals surface area (Å²) in [6.45, 7) is 2.96. The molecule has 0 aliphatic carbocycles. The highest BCUT2D eigenvalue weighted by Crippen LogP contribution is 2.26. The standard InChI is InChI=1S/C44H76O14/c1-3-5-6-7-8-9-10-11-12-13-14-15-16-17-18-19-20-21-22-23-24-25-26-27-28-53-30-33(56-36(46)4-2)31-54-43-42(52)40(50)38(48)35(58-43)32-55-44-41(51)39(49)37(47)34(29-45)57-44/h5-6,8-9,11-12,14-15,33-35,37-45,47-52H,3-4,7,10,13,16-32H2,1-2H3/b6-5-,9-8-,12-11-,15-14-. The van der Waals surface area contributed by atoms with Gasteiger partial charge in [-0.3, -0.25) is 4.79 Å². The lowest BCUT2D eigenvalue weighted by Gasteiger charge is -2.42. The van der Waals surface area contributed by atoms with E-state index in [-0.39, 0.29) is 19.6 Å². The number of esters is 1. The molecule has 2 rings (SSSR count). The van der Waals surface area contributed by atoms with Crippen LogP contribution in [-0.2, 0) is 33.2 Å². The molecule has 0 aromatic heterocycles. The lowest BCUT2D eigenvalue weighted by molar-refractivity contribution is -0.332. The second-order valence-electron chi connectivity index (χ2n) is 15.1. The van der Waals surface area contributed by atoms with Gasteiger partial charge in [0.05, 0.1) is 26.4 Å². The zero-order valence-corrected chi connectivity index (χ0v) is 35.0. The maximum absolute atomic E-state index is 12.1. The molecule has 14 nitrogen and oxygen atoms in total. The van der Waals surface area contributed by atoms with Crippen molar-refractivity contribution in [1.29, 1.82) is 0 Å². The summed E-state index contributed by atoms with van der Waals surface area (Å²) < 4.78 is 33.4. The van der Waals surface area contributed by atoms with Crippen LogP contribution >= 0.6 is 0 Å². The summed E-state index contributed by atoms with van der Waals surface area (Å²) in [6.07, 6.45) is 20.3. The smallest absolute Gasteiger partial charge is 0.305 e. The molecule has 0 aromatic rings. The van der Waals surface area contributed by atoms with Crippen molar-refractivity contribution >= 4 is 5.97 Å². The molecule has 11 unspecified atom stereocenters. The zero-order chi connectivity index (χ0) is 42.4. The molecule has 58 heavy (non-hydrogen) atoms. The molecule has 0 amide bonds. The van der Waals surface area contributed by atoms with Crippen molar-refractivity contribution < 1.29 is 69.0 Å². The van der Waals surface area contributed by atoms with E-state index >= 15 is 0 Å². The van der Waals surface area contributed by atoms with Gasteiger partial charge >= 0.3 is 5.97 Å². The van der Waals surface area contributed by atoms with Gasteiger partial charge in [0.1, 0.15) is 54.9 Å². The highest BCUT2D eigenvalue weighted by Gasteiger charge is 2.47. The fourth-order valence-corrected chi connectivity index (χ4v) is 6.54. The molecule has 0 aromatic carbocycles. The number of hydrogen-bond acceptors (Lipinski definition) is 14. The molecule has 0 bridgehead atoms. The summed E-state index contributed by atoms with van der Waals surface area (Å²) in [5, 5.41) is 71.1. The van der Waals surface area contributed by atoms with E-state index in [1.807, 2.05) is 0 Å². The molecule has 2 saturated heterocycles. The number of aliphatic hydroxyl groups is 7. The van der Waals surface area contributed by atoms with E-state index in [1.54, 1.807) is 6.92 Å². The van der Waals surface area contributed by atoms with Gasteiger partial charge in [-0.05, 0) is 44.9 Å². The summed E-state index contributed by atoms with van der Waals surface area (Å²) >= 11 is 0. The first-order chi connectivity index (χ1) is 28.1. The molecule has 14 heteroatoms. The van der Waals surface area contributed by atoms with Crippen molar-refractivity contribution in [1.82, 2.24) is 0 Å². The van der Waals surface area contributed by atoms with Crippen LogP contribution < -0.4 is 0 Å². The first-order valence-corrected chi connectivity index (χ1v) is 21.7. The van der Waals surface area contributed by atoms with Crippen LogP contribution in [0.5, 0.6) is 0 Å². The van der Waals surface area contributed by atoms with Gasteiger partial charge in [-0.25, -0.2) is 0 Å². The molecule has 2 aliphatic heterocycles. The minimum absolute atomic E-state index is 0.0484. The van der Waals surface area contributed by atoms with Gasteiger partial charge in [0.15, 0.2) is 12.6 Å². The summed E-state index contributed by atoms with van der Waals surface area (Å²) in [5.41, 5.74) is 0. The van der Waals surface area contributed by atoms with Crippen molar-refractivity contribution in [3.63, 3.8) is 0 Å². The lowest BCUT2D eigenvalue weighted by Crippen LogP contribution is -2.61. The highest BCUT2D eigenvalue weighted by molar-refractivity contribution is 5.69. The number of hydrogen-bond donors (Lipinski definition) is 7. The van der Waals surface area contributed by atoms with E-state index in [4.69, 9.17) is 28.4 Å². The monoisotopic (exact) mass is 829 g/mol. The van der Waals surface area contributed by atoms with E-state index in [9.17, 15) is 40.5 Å². The number of ether oxygens (including phenoxy) is 6. The van der Waals surface area contributed by atoms with Gasteiger partial charge in [0.25, 0.3) is 0 Å². The van der Waals surface area contributed by atoms with E-state index < -0.39 is 86.7 Å². The van der Waals surface area contributed by atoms with Gasteiger partial charge in [-0.1, -0.05) is 120 Å². The Balaban J connectivity index is 1.55. The molecule has 0 saturated carbocycles. The molecular formula is C44H76O14. The fraction of sp³-hybridized carbons (Fsp3) is 0.795. The molecule has 2 aliphatic rings. The number of carbonyl (C=O) groups excluding carboxylic acids is 1. The first kappa shape index (κ1) is 52.1. The van der Waals surface area contributed by atoms with Crippen molar-refractivity contribution in [3.05, 3.63) is 48.6 Å². The van der Waals surface area contributed by atoms with E-state index in [2.05, 4.69) is 55.5 Å². The lowest BCUT2D eigenvalue weighted by atomic mass is 9.98. The van der Waals surface area contributed by atoms with Gasteiger partial charge in [0.2, 0.25) is 0 Å². The predicted octanol–water partition coefficient (Wildman–Crippen LogP) is 4.45. The van der Waals surface area contributed by atoms with E-state index in [1.165, 1.54) is 51.4 Å². The Hall–Kier alpha value is -2.05. The highest BCUT2D eigenvalue weighted by atomic mass is 16.7. The van der Waals surface area contributed by atoms with E-state index in [0.29, 0.717) is 6.61 Å². The maximum Gasteiger partial charge on any atom is 0.305 e. The van der Waals surface area contributed by atoms with Crippen LogP contribution in [0.25, 0.3) is 0 Å². The Morgan fingerprint density at radius 2 is 1.05 bits per heavy atom. The van der Waals surface area contributed by atoms with Gasteiger partial charge in [-0.2, -0.15) is 0 Å². The van der Waals surface area contributed by atoms with Crippen LogP contribution in [0.1, 0.15) is 123 Å². The summed E-state index contributed by atoms with van der Waals surface area (Å²) in [4.78, 5) is 12.1. The second kappa shape index (κ2) is 32.7. The van der Waals surface area contributed by atoms with Crippen LogP contribution in [0.15, 0.2) is 48.6 Å². The van der Waals surface area contributed by atoms with Crippen molar-refractivity contribution in [2.24, 2.45) is 0 Å². The number of rotatable bonds is 32. The average molecular weight is 829 g/mol. The van der Waals surface area contributed by atoms with E-state index in [0.717, 1.165) is 51.4 Å². The maximum atomic E-state index is 12.1. The Labute approximate surface area is 346 Å². The molecule has 0 spiro atoms. The molecule has 7 N–H and O–H groups in total. The van der Waals surface area contributed by atoms with Crippen molar-refractivity contribution in [2.75, 3.05) is 33.0 Å². The molecule has 11 atom stereocenters. The minimum Gasteiger partial charge on any atom is -0.457 e. The first-order valence-electron chi connectivity index (χ1n) is 21.7. The SMILES string of the molecule is CC/C=C\C/C=C\C/C=C\C/C=C\CCCCCCCCCCCCCOCC(COC1OC(COC2OC(CO)C(O)C(O)C2O)C(O)C(O)C1O)OC(=O)CC. The quantitative estimate of drug-likeness (QED) is 0.0284. The summed E-state index contributed by atoms with van der Waals surface area (Å²) in [7, 11) is 0. The Morgan fingerprint density at radius 1 is 0.569 bits per heavy atom. The van der Waals surface area contributed by atoms with Crippen molar-refractivity contribution in [3.8, 4) is 0 Å². The molecule has 2 fully saturated rings. The van der Waals surface area contributed by atoms with Crippen LogP contribution in [0.4, 0.5) is 0 Å². The normalized spacial score (nSPS) is 28.7. The topological polar surface area (TPSA) is 214 Å². The number of carbonyl (C=O) groups is 1. The Morgan fingerprint density at radius 3 is 1.60 bits per heavy atom. The number of aliphatic hydroxyl groups excluding tert-OH is 7. The number of unbranched alkanes of at least 4 members (excludes halogenated alkanes) is 11. The predicted molar refractivity (Wildman–Crippen MR) is 219 cm³/mol. The third-order valence-electron chi connectivity index (χ3n) is 10.2. The molecule has 2 heterocycles. The summed E-state index contributed by atoms with van der Waals surface area (Å²) in [5.74, 6) is -0.467. The number of allylic oxidation sites excluding steroid dienone is 8. The molecule has 336 valence electrons. The fourth-order valence-electron chi connectivity index (χ4n) is 6.54. The van der Waals surface area contributed by atoms with Gasteiger partial charge in [-0.15, -0.1) is 0 Å². The van der Waals surface area contributed by atoms with Crippen LogP contribution in [0.2, 0.25) is 0 Å². The third kappa shape index (κ3) is 21.5. The van der Waals surface area contributed by atoms with Crippen LogP contribution in [0, 0.1) is 0 Å². The Kier molecular flexibility index (Phi) is 29.4. The van der Waals surface area contributed by atoms with Crippen LogP contribution in [-0.4, -0.2) is 142 Å². The Bertz CT molecular complexity index is 1150. The van der Waals surface area contributed by atoms with Gasteiger partial charge in [0, 0.05) is 13.0 Å². The third-order valence-corrected chi connectivity index (χ3v) is 10.2. The summed E-state index contributed by atoms with van der Waals surface area (Å²) in [6, 6.07) is 0. The van der Waals surface area contributed by atoms with Crippen LogP contribution in [0.3, 0.4) is 0 Å². The molecule has 0 radical (unpaired) electrons. The average Bonchev–Trinajstić information content (AvgIpc) is 3.22. The minimum atomic E-state index is -1.70. The largest absolute Gasteiger partial charge is 0.457 e. The second-order valence-corrected chi connectivity index (χ2v) is 15.1. The molecular weight excluding hydrogens is 752 g/mol. The van der Waals surface area contributed by atoms with Gasteiger partial charge < -0.3 is 64.2 Å². The van der Waals surface area contributed by atoms with Crippen molar-refractivity contribution in [2.45, 2.75) is 191 Å².